The van der Waals surface area contributed by atoms with Crippen LogP contribution in [0.5, 0.6) is 0 Å². The van der Waals surface area contributed by atoms with Gasteiger partial charge in [-0.1, -0.05) is 25.1 Å². The third kappa shape index (κ3) is 4.07. The molecule has 1 saturated heterocycles. The third-order valence-corrected chi connectivity index (χ3v) is 7.16. The lowest BCUT2D eigenvalue weighted by atomic mass is 10.1. The van der Waals surface area contributed by atoms with Crippen LogP contribution in [-0.2, 0) is 10.0 Å². The monoisotopic (exact) mass is 392 g/mol. The largest absolute Gasteiger partial charge is 0.338 e. The minimum atomic E-state index is -3.47. The fourth-order valence-electron chi connectivity index (χ4n) is 3.16. The number of hydrogen-bond acceptors (Lipinski definition) is 6. The molecule has 1 atom stereocenters. The molecule has 1 aliphatic heterocycles. The van der Waals surface area contributed by atoms with Gasteiger partial charge in [0.15, 0.2) is 5.82 Å². The van der Waals surface area contributed by atoms with Gasteiger partial charge < -0.3 is 4.52 Å². The van der Waals surface area contributed by atoms with Gasteiger partial charge in [0.2, 0.25) is 15.9 Å². The molecule has 2 heterocycles. The molecule has 1 fully saturated rings. The highest BCUT2D eigenvalue weighted by Gasteiger charge is 2.32. The first-order valence-electron chi connectivity index (χ1n) is 9.35. The average Bonchev–Trinajstić information content (AvgIpc) is 3.14. The SMILES string of the molecule is Cc1ccc(S(=O)(=O)N2CCN(C(C)c3nc(C(C)C)no3)CC2)cc1C. The van der Waals surface area contributed by atoms with Crippen LogP contribution < -0.4 is 0 Å². The standard InChI is InChI=1S/C19H28N4O3S/c1-13(2)18-20-19(26-21-18)16(5)22-8-10-23(11-9-22)27(24,25)17-7-6-14(3)15(4)12-17/h6-7,12-13,16H,8-11H2,1-5H3. The summed E-state index contributed by atoms with van der Waals surface area (Å²) in [7, 11) is -3.47. The van der Waals surface area contributed by atoms with Gasteiger partial charge in [0, 0.05) is 32.1 Å². The van der Waals surface area contributed by atoms with Crippen molar-refractivity contribution in [2.45, 2.75) is 51.5 Å². The van der Waals surface area contributed by atoms with E-state index in [0.717, 1.165) is 11.1 Å². The summed E-state index contributed by atoms with van der Waals surface area (Å²) in [6.07, 6.45) is 0. The van der Waals surface area contributed by atoms with Crippen LogP contribution in [0.1, 0.15) is 55.6 Å². The highest BCUT2D eigenvalue weighted by Crippen LogP contribution is 2.25. The Kier molecular flexibility index (Phi) is 5.69. The van der Waals surface area contributed by atoms with E-state index in [1.807, 2.05) is 40.7 Å². The van der Waals surface area contributed by atoms with E-state index in [4.69, 9.17) is 4.52 Å². The predicted octanol–water partition coefficient (Wildman–Crippen LogP) is 2.88. The summed E-state index contributed by atoms with van der Waals surface area (Å²) in [6.45, 7) is 12.1. The van der Waals surface area contributed by atoms with Crippen LogP contribution in [0.25, 0.3) is 0 Å². The van der Waals surface area contributed by atoms with E-state index in [0.29, 0.717) is 42.8 Å². The Morgan fingerprint density at radius 3 is 2.26 bits per heavy atom. The number of rotatable bonds is 5. The first-order chi connectivity index (χ1) is 12.7. The molecule has 0 N–H and O–H groups in total. The number of aromatic nitrogens is 2. The smallest absolute Gasteiger partial charge is 0.243 e. The van der Waals surface area contributed by atoms with E-state index in [2.05, 4.69) is 15.0 Å². The van der Waals surface area contributed by atoms with Crippen molar-refractivity contribution in [2.24, 2.45) is 0 Å². The molecule has 1 aromatic carbocycles. The van der Waals surface area contributed by atoms with E-state index in [1.165, 1.54) is 0 Å². The van der Waals surface area contributed by atoms with Crippen LogP contribution in [0.2, 0.25) is 0 Å². The number of hydrogen-bond donors (Lipinski definition) is 0. The number of benzene rings is 1. The Balaban J connectivity index is 1.67. The topological polar surface area (TPSA) is 79.5 Å². The second kappa shape index (κ2) is 7.69. The molecule has 1 unspecified atom stereocenters. The van der Waals surface area contributed by atoms with E-state index in [9.17, 15) is 8.42 Å². The highest BCUT2D eigenvalue weighted by atomic mass is 32.2. The van der Waals surface area contributed by atoms with Gasteiger partial charge in [-0.25, -0.2) is 8.42 Å². The van der Waals surface area contributed by atoms with Crippen molar-refractivity contribution in [3.63, 3.8) is 0 Å². The normalized spacial score (nSPS) is 18.1. The number of nitrogens with zero attached hydrogens (tertiary/aromatic N) is 4. The maximum absolute atomic E-state index is 12.9. The van der Waals surface area contributed by atoms with E-state index in [-0.39, 0.29) is 12.0 Å². The number of aryl methyl sites for hydroxylation is 2. The van der Waals surface area contributed by atoms with E-state index >= 15 is 0 Å². The fourth-order valence-corrected chi connectivity index (χ4v) is 4.67. The molecular weight excluding hydrogens is 364 g/mol. The zero-order valence-corrected chi connectivity index (χ0v) is 17.5. The Morgan fingerprint density at radius 1 is 1.04 bits per heavy atom. The van der Waals surface area contributed by atoms with Crippen LogP contribution in [-0.4, -0.2) is 53.9 Å². The van der Waals surface area contributed by atoms with Crippen molar-refractivity contribution >= 4 is 10.0 Å². The summed E-state index contributed by atoms with van der Waals surface area (Å²) in [5.41, 5.74) is 2.08. The summed E-state index contributed by atoms with van der Waals surface area (Å²) >= 11 is 0. The lowest BCUT2D eigenvalue weighted by Crippen LogP contribution is -2.49. The summed E-state index contributed by atoms with van der Waals surface area (Å²) in [5, 5.41) is 4.02. The van der Waals surface area contributed by atoms with Crippen molar-refractivity contribution in [2.75, 3.05) is 26.2 Å². The van der Waals surface area contributed by atoms with Crippen molar-refractivity contribution in [1.29, 1.82) is 0 Å². The second-order valence-electron chi connectivity index (χ2n) is 7.51. The zero-order chi connectivity index (χ0) is 19.8. The van der Waals surface area contributed by atoms with Gasteiger partial charge in [-0.15, -0.1) is 0 Å². The molecule has 0 spiro atoms. The molecule has 1 aliphatic rings. The second-order valence-corrected chi connectivity index (χ2v) is 9.45. The minimum Gasteiger partial charge on any atom is -0.338 e. The van der Waals surface area contributed by atoms with Crippen LogP contribution >= 0.6 is 0 Å². The van der Waals surface area contributed by atoms with Crippen LogP contribution in [0.15, 0.2) is 27.6 Å². The van der Waals surface area contributed by atoms with Gasteiger partial charge >= 0.3 is 0 Å². The molecule has 8 heteroatoms. The first kappa shape index (κ1) is 20.0. The molecule has 3 rings (SSSR count). The fraction of sp³-hybridized carbons (Fsp3) is 0.579. The van der Waals surface area contributed by atoms with Gasteiger partial charge in [0.05, 0.1) is 10.9 Å². The summed E-state index contributed by atoms with van der Waals surface area (Å²) in [5.74, 6) is 1.51. The quantitative estimate of drug-likeness (QED) is 0.778. The van der Waals surface area contributed by atoms with Crippen molar-refractivity contribution < 1.29 is 12.9 Å². The molecule has 148 valence electrons. The first-order valence-corrected chi connectivity index (χ1v) is 10.8. The average molecular weight is 393 g/mol. The van der Waals surface area contributed by atoms with Gasteiger partial charge in [-0.2, -0.15) is 9.29 Å². The number of piperazine rings is 1. The Labute approximate surface area is 161 Å². The van der Waals surface area contributed by atoms with E-state index < -0.39 is 10.0 Å². The Bertz CT molecular complexity index is 899. The van der Waals surface area contributed by atoms with E-state index in [1.54, 1.807) is 16.4 Å². The molecule has 2 aromatic rings. The number of sulfonamides is 1. The van der Waals surface area contributed by atoms with Gasteiger partial charge in [-0.3, -0.25) is 4.90 Å². The summed E-state index contributed by atoms with van der Waals surface area (Å²) in [4.78, 5) is 7.02. The van der Waals surface area contributed by atoms with Crippen molar-refractivity contribution in [3.8, 4) is 0 Å². The molecule has 27 heavy (non-hydrogen) atoms. The highest BCUT2D eigenvalue weighted by molar-refractivity contribution is 7.89. The molecule has 0 bridgehead atoms. The third-order valence-electron chi connectivity index (χ3n) is 5.27. The lowest BCUT2D eigenvalue weighted by Gasteiger charge is -2.36. The summed E-state index contributed by atoms with van der Waals surface area (Å²) < 4.78 is 32.8. The Hall–Kier alpha value is -1.77. The summed E-state index contributed by atoms with van der Waals surface area (Å²) in [6, 6.07) is 5.28. The van der Waals surface area contributed by atoms with Gasteiger partial charge in [-0.05, 0) is 44.0 Å². The lowest BCUT2D eigenvalue weighted by molar-refractivity contribution is 0.124. The van der Waals surface area contributed by atoms with Crippen LogP contribution in [0.3, 0.4) is 0 Å². The van der Waals surface area contributed by atoms with Gasteiger partial charge in [0.25, 0.3) is 0 Å². The predicted molar refractivity (Wildman–Crippen MR) is 103 cm³/mol. The molecule has 0 radical (unpaired) electrons. The Morgan fingerprint density at radius 2 is 1.70 bits per heavy atom. The molecule has 0 aliphatic carbocycles. The van der Waals surface area contributed by atoms with Crippen LogP contribution in [0, 0.1) is 13.8 Å². The molecule has 0 amide bonds. The van der Waals surface area contributed by atoms with Crippen molar-refractivity contribution in [1.82, 2.24) is 19.3 Å². The molecule has 7 nitrogen and oxygen atoms in total. The maximum atomic E-state index is 12.9. The molecule has 1 aromatic heterocycles. The van der Waals surface area contributed by atoms with Crippen LogP contribution in [0.4, 0.5) is 0 Å². The van der Waals surface area contributed by atoms with Crippen molar-refractivity contribution in [3.05, 3.63) is 41.0 Å². The molecular formula is C19H28N4O3S. The zero-order valence-electron chi connectivity index (χ0n) is 16.6. The molecule has 0 saturated carbocycles. The minimum absolute atomic E-state index is 0.0310. The van der Waals surface area contributed by atoms with Gasteiger partial charge in [0.1, 0.15) is 0 Å². The maximum Gasteiger partial charge on any atom is 0.243 e.